The Kier molecular flexibility index (Phi) is 5.84. The van der Waals surface area contributed by atoms with Gasteiger partial charge in [0.05, 0.1) is 11.4 Å². The van der Waals surface area contributed by atoms with Crippen LogP contribution in [0, 0.1) is 0 Å². The van der Waals surface area contributed by atoms with E-state index in [-0.39, 0.29) is 24.5 Å². The average molecular weight is 405 g/mol. The van der Waals surface area contributed by atoms with E-state index in [1.807, 2.05) is 0 Å². The third kappa shape index (κ3) is 4.66. The fraction of sp³-hybridized carbons (Fsp3) is 0.500. The maximum Gasteiger partial charge on any atom is 0.410 e. The molecule has 0 radical (unpaired) electrons. The molecule has 1 amide bonds. The fourth-order valence-corrected chi connectivity index (χ4v) is 4.18. The Hall–Kier alpha value is -1.84. The first-order valence-electron chi connectivity index (χ1n) is 7.90. The van der Waals surface area contributed by atoms with Crippen LogP contribution in [0.2, 0.25) is 5.02 Å². The van der Waals surface area contributed by atoms with Gasteiger partial charge >= 0.3 is 12.1 Å². The van der Waals surface area contributed by atoms with Crippen LogP contribution in [0.25, 0.3) is 0 Å². The van der Waals surface area contributed by atoms with Gasteiger partial charge in [0.25, 0.3) is 0 Å². The molecule has 1 N–H and O–H groups in total. The summed E-state index contributed by atoms with van der Waals surface area (Å²) in [5, 5.41) is 9.86. The molecule has 1 aliphatic rings. The Bertz CT molecular complexity index is 788. The van der Waals surface area contributed by atoms with E-state index < -0.39 is 33.7 Å². The minimum Gasteiger partial charge on any atom is -0.480 e. The molecule has 8 nitrogen and oxygen atoms in total. The number of benzene rings is 1. The van der Waals surface area contributed by atoms with E-state index in [2.05, 4.69) is 0 Å². The predicted molar refractivity (Wildman–Crippen MR) is 94.6 cm³/mol. The normalized spacial score (nSPS) is 19.2. The molecule has 1 aromatic carbocycles. The van der Waals surface area contributed by atoms with Gasteiger partial charge in [-0.15, -0.1) is 0 Å². The van der Waals surface area contributed by atoms with Crippen molar-refractivity contribution >= 4 is 33.7 Å². The monoisotopic (exact) mass is 404 g/mol. The number of sulfonamides is 1. The standard InChI is InChI=1S/C16H21ClN2O6S/c1-16(2,3)25-15(22)18-8-9-19(13(10-18)14(20)21)26(23,24)12-6-4-11(17)5-7-12/h4-7,13H,8-10H2,1-3H3,(H,20,21). The second kappa shape index (κ2) is 7.42. The highest BCUT2D eigenvalue weighted by molar-refractivity contribution is 7.89. The number of piperazine rings is 1. The van der Waals surface area contributed by atoms with Crippen molar-refractivity contribution in [2.24, 2.45) is 0 Å². The molecule has 0 aliphatic carbocycles. The molecule has 10 heteroatoms. The Morgan fingerprint density at radius 3 is 2.27 bits per heavy atom. The van der Waals surface area contributed by atoms with Crippen LogP contribution in [-0.4, -0.2) is 66.1 Å². The summed E-state index contributed by atoms with van der Waals surface area (Å²) in [6, 6.07) is 4.06. The SMILES string of the molecule is CC(C)(C)OC(=O)N1CCN(S(=O)(=O)c2ccc(Cl)cc2)C(C(=O)O)C1. The number of nitrogens with zero attached hydrogens (tertiary/aromatic N) is 2. The summed E-state index contributed by atoms with van der Waals surface area (Å²) in [5.74, 6) is -1.34. The summed E-state index contributed by atoms with van der Waals surface area (Å²) >= 11 is 5.77. The van der Waals surface area contributed by atoms with Gasteiger partial charge in [-0.1, -0.05) is 11.6 Å². The molecule has 2 rings (SSSR count). The number of aliphatic carboxylic acids is 1. The summed E-state index contributed by atoms with van der Waals surface area (Å²) in [7, 11) is -4.04. The van der Waals surface area contributed by atoms with E-state index in [0.29, 0.717) is 5.02 Å². The van der Waals surface area contributed by atoms with Crippen LogP contribution >= 0.6 is 11.6 Å². The average Bonchev–Trinajstić information content (AvgIpc) is 2.53. The number of carboxylic acids is 1. The predicted octanol–water partition coefficient (Wildman–Crippen LogP) is 2.03. The maximum absolute atomic E-state index is 12.8. The topological polar surface area (TPSA) is 104 Å². The van der Waals surface area contributed by atoms with Crippen molar-refractivity contribution in [1.82, 2.24) is 9.21 Å². The lowest BCUT2D eigenvalue weighted by atomic mass is 10.2. The van der Waals surface area contributed by atoms with E-state index >= 15 is 0 Å². The van der Waals surface area contributed by atoms with Gasteiger partial charge in [-0.2, -0.15) is 4.31 Å². The van der Waals surface area contributed by atoms with Gasteiger partial charge in [-0.3, -0.25) is 4.79 Å². The van der Waals surface area contributed by atoms with E-state index in [4.69, 9.17) is 16.3 Å². The van der Waals surface area contributed by atoms with Gasteiger partial charge < -0.3 is 14.7 Å². The van der Waals surface area contributed by atoms with Crippen LogP contribution in [0.5, 0.6) is 0 Å². The lowest BCUT2D eigenvalue weighted by Gasteiger charge is -2.38. The van der Waals surface area contributed by atoms with Crippen LogP contribution in [0.1, 0.15) is 20.8 Å². The molecule has 144 valence electrons. The quantitative estimate of drug-likeness (QED) is 0.826. The van der Waals surface area contributed by atoms with Gasteiger partial charge in [0.1, 0.15) is 11.6 Å². The van der Waals surface area contributed by atoms with Gasteiger partial charge in [-0.25, -0.2) is 13.2 Å². The van der Waals surface area contributed by atoms with Crippen molar-refractivity contribution in [1.29, 1.82) is 0 Å². The van der Waals surface area contributed by atoms with Crippen LogP contribution in [-0.2, 0) is 19.6 Å². The minimum absolute atomic E-state index is 0.0332. The summed E-state index contributed by atoms with van der Waals surface area (Å²) in [4.78, 5) is 25.0. The van der Waals surface area contributed by atoms with Crippen LogP contribution in [0.4, 0.5) is 4.79 Å². The molecule has 0 spiro atoms. The summed E-state index contributed by atoms with van der Waals surface area (Å²) < 4.78 is 31.7. The summed E-state index contributed by atoms with van der Waals surface area (Å²) in [6.45, 7) is 4.67. The van der Waals surface area contributed by atoms with E-state index in [1.54, 1.807) is 20.8 Å². The molecule has 1 fully saturated rings. The Labute approximate surface area is 157 Å². The van der Waals surface area contributed by atoms with Crippen LogP contribution in [0.3, 0.4) is 0 Å². The number of hydrogen-bond acceptors (Lipinski definition) is 5. The molecule has 1 saturated heterocycles. The zero-order valence-corrected chi connectivity index (χ0v) is 16.2. The first kappa shape index (κ1) is 20.5. The van der Waals surface area contributed by atoms with Gasteiger partial charge in [0, 0.05) is 18.1 Å². The largest absolute Gasteiger partial charge is 0.480 e. The third-order valence-electron chi connectivity index (χ3n) is 3.69. The molecule has 0 saturated carbocycles. The number of ether oxygens (including phenoxy) is 1. The third-order valence-corrected chi connectivity index (χ3v) is 5.86. The second-order valence-corrected chi connectivity index (χ2v) is 9.18. The van der Waals surface area contributed by atoms with Crippen molar-refractivity contribution in [3.63, 3.8) is 0 Å². The summed E-state index contributed by atoms with van der Waals surface area (Å²) in [5.41, 5.74) is -0.734. The molecule has 1 atom stereocenters. The molecule has 1 aliphatic heterocycles. The van der Waals surface area contributed by atoms with Crippen LogP contribution in [0.15, 0.2) is 29.2 Å². The number of amides is 1. The molecular formula is C16H21ClN2O6S. The van der Waals surface area contributed by atoms with Crippen molar-refractivity contribution in [2.75, 3.05) is 19.6 Å². The summed E-state index contributed by atoms with van der Waals surface area (Å²) in [6.07, 6.45) is -0.674. The van der Waals surface area contributed by atoms with Crippen molar-refractivity contribution in [3.8, 4) is 0 Å². The van der Waals surface area contributed by atoms with Crippen molar-refractivity contribution in [2.45, 2.75) is 37.3 Å². The lowest BCUT2D eigenvalue weighted by molar-refractivity contribution is -0.143. The van der Waals surface area contributed by atoms with E-state index in [1.165, 1.54) is 29.2 Å². The number of carboxylic acid groups (broad SMARTS) is 1. The number of carbonyl (C=O) groups excluding carboxylic acids is 1. The zero-order valence-electron chi connectivity index (χ0n) is 14.7. The highest BCUT2D eigenvalue weighted by Crippen LogP contribution is 2.24. The lowest BCUT2D eigenvalue weighted by Crippen LogP contribution is -2.59. The molecule has 1 heterocycles. The molecule has 1 unspecified atom stereocenters. The first-order valence-corrected chi connectivity index (χ1v) is 9.72. The van der Waals surface area contributed by atoms with Crippen LogP contribution < -0.4 is 0 Å². The Morgan fingerprint density at radius 2 is 1.77 bits per heavy atom. The second-order valence-electron chi connectivity index (χ2n) is 6.85. The van der Waals surface area contributed by atoms with Crippen molar-refractivity contribution < 1.29 is 27.9 Å². The van der Waals surface area contributed by atoms with E-state index in [9.17, 15) is 23.1 Å². The highest BCUT2D eigenvalue weighted by Gasteiger charge is 2.42. The molecular weight excluding hydrogens is 384 g/mol. The number of carbonyl (C=O) groups is 2. The van der Waals surface area contributed by atoms with Gasteiger partial charge in [-0.05, 0) is 45.0 Å². The molecule has 26 heavy (non-hydrogen) atoms. The fourth-order valence-electron chi connectivity index (χ4n) is 2.49. The van der Waals surface area contributed by atoms with Gasteiger partial charge in [0.15, 0.2) is 0 Å². The number of rotatable bonds is 3. The molecule has 0 aromatic heterocycles. The minimum atomic E-state index is -4.04. The maximum atomic E-state index is 12.8. The number of halogens is 1. The Balaban J connectivity index is 2.25. The van der Waals surface area contributed by atoms with Crippen molar-refractivity contribution in [3.05, 3.63) is 29.3 Å². The van der Waals surface area contributed by atoms with E-state index in [0.717, 1.165) is 4.31 Å². The smallest absolute Gasteiger partial charge is 0.410 e. The zero-order chi connectivity index (χ0) is 19.7. The first-order chi connectivity index (χ1) is 11.9. The Morgan fingerprint density at radius 1 is 1.19 bits per heavy atom. The molecule has 1 aromatic rings. The molecule has 0 bridgehead atoms. The number of hydrogen-bond donors (Lipinski definition) is 1. The highest BCUT2D eigenvalue weighted by atomic mass is 35.5. The van der Waals surface area contributed by atoms with Gasteiger partial charge in [0.2, 0.25) is 10.0 Å².